The van der Waals surface area contributed by atoms with Gasteiger partial charge in [0.1, 0.15) is 0 Å². The molecule has 9 aromatic carbocycles. The fourth-order valence-electron chi connectivity index (χ4n) is 9.98. The van der Waals surface area contributed by atoms with Crippen molar-refractivity contribution in [1.29, 1.82) is 0 Å². The van der Waals surface area contributed by atoms with E-state index in [4.69, 9.17) is 0 Å². The Kier molecular flexibility index (Phi) is 7.08. The van der Waals surface area contributed by atoms with Crippen molar-refractivity contribution in [3.05, 3.63) is 235 Å². The molecule has 1 atom stereocenters. The summed E-state index contributed by atoms with van der Waals surface area (Å²) in [6, 6.07) is 78.8. The van der Waals surface area contributed by atoms with Crippen LogP contribution in [0.15, 0.2) is 212 Å². The van der Waals surface area contributed by atoms with E-state index in [9.17, 15) is 0 Å². The summed E-state index contributed by atoms with van der Waals surface area (Å²) >= 11 is 1.87. The van der Waals surface area contributed by atoms with Crippen molar-refractivity contribution in [1.82, 2.24) is 0 Å². The van der Waals surface area contributed by atoms with E-state index in [0.717, 1.165) is 17.1 Å². The third kappa shape index (κ3) is 4.62. The lowest BCUT2D eigenvalue weighted by Gasteiger charge is -2.33. The molecule has 1 spiro atoms. The Morgan fingerprint density at radius 1 is 0.333 bits per heavy atom. The van der Waals surface area contributed by atoms with E-state index in [1.165, 1.54) is 86.9 Å². The number of thiophene rings is 1. The second-order valence-corrected chi connectivity index (χ2v) is 16.2. The van der Waals surface area contributed by atoms with Gasteiger partial charge in [-0.1, -0.05) is 164 Å². The van der Waals surface area contributed by atoms with Gasteiger partial charge in [-0.2, -0.15) is 0 Å². The SMILES string of the molecule is c1ccc(-c2ccc3c(c2)C2(c4ccccc4-3)c3ccccc3-c3ccc(N(c4ccccc4)c4ccccc4-c4cccc5sc6ccccc6c45)cc32)cc1. The summed E-state index contributed by atoms with van der Waals surface area (Å²) in [5.74, 6) is 0. The van der Waals surface area contributed by atoms with Gasteiger partial charge in [-0.15, -0.1) is 11.3 Å². The molecule has 0 amide bonds. The minimum Gasteiger partial charge on any atom is -0.310 e. The summed E-state index contributed by atoms with van der Waals surface area (Å²) in [5, 5.41) is 2.62. The monoisotopic (exact) mass is 741 g/mol. The molecule has 0 radical (unpaired) electrons. The van der Waals surface area contributed by atoms with Gasteiger partial charge in [0.15, 0.2) is 0 Å². The molecule has 1 unspecified atom stereocenters. The number of hydrogen-bond acceptors (Lipinski definition) is 2. The van der Waals surface area contributed by atoms with Crippen LogP contribution in [0.3, 0.4) is 0 Å². The third-order valence-corrected chi connectivity index (χ3v) is 13.4. The molecule has 1 aromatic heterocycles. The summed E-state index contributed by atoms with van der Waals surface area (Å²) in [6.45, 7) is 0. The minimum atomic E-state index is -0.484. The van der Waals surface area contributed by atoms with E-state index < -0.39 is 5.41 Å². The first-order valence-electron chi connectivity index (χ1n) is 19.7. The average Bonchev–Trinajstić information content (AvgIpc) is 3.91. The molecule has 0 bridgehead atoms. The Morgan fingerprint density at radius 3 is 1.67 bits per heavy atom. The van der Waals surface area contributed by atoms with Crippen LogP contribution in [0, 0.1) is 0 Å². The number of rotatable bonds is 5. The fraction of sp³-hybridized carbons (Fsp3) is 0.0182. The highest BCUT2D eigenvalue weighted by molar-refractivity contribution is 7.25. The van der Waals surface area contributed by atoms with Crippen molar-refractivity contribution in [2.75, 3.05) is 4.90 Å². The van der Waals surface area contributed by atoms with Crippen molar-refractivity contribution in [2.24, 2.45) is 0 Å². The lowest BCUT2D eigenvalue weighted by Crippen LogP contribution is -2.26. The summed E-state index contributed by atoms with van der Waals surface area (Å²) in [5.41, 5.74) is 18.4. The Bertz CT molecular complexity index is 3180. The van der Waals surface area contributed by atoms with Gasteiger partial charge in [-0.05, 0) is 110 Å². The van der Waals surface area contributed by atoms with Crippen LogP contribution < -0.4 is 4.90 Å². The third-order valence-electron chi connectivity index (χ3n) is 12.3. The van der Waals surface area contributed by atoms with Gasteiger partial charge in [0.2, 0.25) is 0 Å². The van der Waals surface area contributed by atoms with Crippen molar-refractivity contribution in [3.63, 3.8) is 0 Å². The molecule has 57 heavy (non-hydrogen) atoms. The Morgan fingerprint density at radius 2 is 0.895 bits per heavy atom. The zero-order valence-electron chi connectivity index (χ0n) is 31.1. The van der Waals surface area contributed by atoms with Gasteiger partial charge in [0.25, 0.3) is 0 Å². The highest BCUT2D eigenvalue weighted by Crippen LogP contribution is 2.64. The van der Waals surface area contributed by atoms with E-state index >= 15 is 0 Å². The first kappa shape index (κ1) is 32.3. The number of nitrogens with zero attached hydrogens (tertiary/aromatic N) is 1. The fourth-order valence-corrected chi connectivity index (χ4v) is 11.1. The van der Waals surface area contributed by atoms with Crippen LogP contribution in [0.1, 0.15) is 22.3 Å². The van der Waals surface area contributed by atoms with Gasteiger partial charge < -0.3 is 4.90 Å². The highest BCUT2D eigenvalue weighted by Gasteiger charge is 2.52. The smallest absolute Gasteiger partial charge is 0.0726 e. The molecule has 2 aliphatic carbocycles. The number of fused-ring (bicyclic) bond motifs is 13. The molecule has 0 saturated heterocycles. The molecule has 1 heterocycles. The molecule has 0 saturated carbocycles. The first-order chi connectivity index (χ1) is 28.3. The normalized spacial score (nSPS) is 14.7. The molecule has 2 aliphatic rings. The summed E-state index contributed by atoms with van der Waals surface area (Å²) in [4.78, 5) is 2.47. The maximum absolute atomic E-state index is 2.50. The highest BCUT2D eigenvalue weighted by atomic mass is 32.1. The topological polar surface area (TPSA) is 3.24 Å². The van der Waals surface area contributed by atoms with Crippen LogP contribution in [0.25, 0.3) is 64.7 Å². The second-order valence-electron chi connectivity index (χ2n) is 15.2. The van der Waals surface area contributed by atoms with Crippen molar-refractivity contribution < 1.29 is 0 Å². The van der Waals surface area contributed by atoms with Crippen LogP contribution in [0.2, 0.25) is 0 Å². The van der Waals surface area contributed by atoms with E-state index in [0.29, 0.717) is 0 Å². The molecule has 12 rings (SSSR count). The van der Waals surface area contributed by atoms with Crippen molar-refractivity contribution >= 4 is 48.6 Å². The van der Waals surface area contributed by atoms with Crippen LogP contribution in [-0.4, -0.2) is 0 Å². The summed E-state index contributed by atoms with van der Waals surface area (Å²) in [6.07, 6.45) is 0. The summed E-state index contributed by atoms with van der Waals surface area (Å²) in [7, 11) is 0. The van der Waals surface area contributed by atoms with E-state index in [-0.39, 0.29) is 0 Å². The van der Waals surface area contributed by atoms with Gasteiger partial charge in [-0.25, -0.2) is 0 Å². The molecule has 0 aliphatic heterocycles. The maximum Gasteiger partial charge on any atom is 0.0726 e. The van der Waals surface area contributed by atoms with Crippen molar-refractivity contribution in [3.8, 4) is 44.5 Å². The Labute approximate surface area is 336 Å². The lowest BCUT2D eigenvalue weighted by molar-refractivity contribution is 0.794. The van der Waals surface area contributed by atoms with Gasteiger partial charge in [0, 0.05) is 37.1 Å². The van der Waals surface area contributed by atoms with Crippen LogP contribution >= 0.6 is 11.3 Å². The quantitative estimate of drug-likeness (QED) is 0.170. The number of para-hydroxylation sites is 2. The second kappa shape index (κ2) is 12.5. The molecule has 0 fully saturated rings. The first-order valence-corrected chi connectivity index (χ1v) is 20.5. The maximum atomic E-state index is 2.50. The lowest BCUT2D eigenvalue weighted by atomic mass is 9.70. The average molecular weight is 742 g/mol. The van der Waals surface area contributed by atoms with Gasteiger partial charge in [-0.3, -0.25) is 0 Å². The minimum absolute atomic E-state index is 0.484. The number of benzene rings is 9. The summed E-state index contributed by atoms with van der Waals surface area (Å²) < 4.78 is 2.62. The standard InChI is InChI=1S/C55H35NS/c1-3-16-36(17-4-1)37-30-32-42-40-20-7-11-25-47(40)55(49(42)34-37)48-26-12-8-21-41(48)43-33-31-39(35-50(43)55)56(38-18-5-2-6-19-38)51-27-13-9-22-44(51)45-24-15-29-53-54(45)46-23-10-14-28-52(46)57-53/h1-35H. The van der Waals surface area contributed by atoms with Gasteiger partial charge in [0.05, 0.1) is 11.1 Å². The van der Waals surface area contributed by atoms with Crippen LogP contribution in [0.4, 0.5) is 17.1 Å². The molecule has 266 valence electrons. The number of anilines is 3. The predicted octanol–water partition coefficient (Wildman–Crippen LogP) is 15.2. The molecular weight excluding hydrogens is 707 g/mol. The zero-order chi connectivity index (χ0) is 37.5. The van der Waals surface area contributed by atoms with E-state index in [1.54, 1.807) is 0 Å². The van der Waals surface area contributed by atoms with Gasteiger partial charge >= 0.3 is 0 Å². The van der Waals surface area contributed by atoms with E-state index in [2.05, 4.69) is 217 Å². The van der Waals surface area contributed by atoms with Crippen molar-refractivity contribution in [2.45, 2.75) is 5.41 Å². The molecule has 10 aromatic rings. The molecule has 2 heteroatoms. The van der Waals surface area contributed by atoms with E-state index in [1.807, 2.05) is 11.3 Å². The molecule has 1 nitrogen and oxygen atoms in total. The Balaban J connectivity index is 1.13. The molecular formula is C55H35NS. The largest absolute Gasteiger partial charge is 0.310 e. The molecule has 0 N–H and O–H groups in total. The van der Waals surface area contributed by atoms with Crippen LogP contribution in [0.5, 0.6) is 0 Å². The predicted molar refractivity (Wildman–Crippen MR) is 241 cm³/mol. The van der Waals surface area contributed by atoms with Crippen LogP contribution in [-0.2, 0) is 5.41 Å². The zero-order valence-corrected chi connectivity index (χ0v) is 31.9. The number of hydrogen-bond donors (Lipinski definition) is 0. The Hall–Kier alpha value is -7.00.